The van der Waals surface area contributed by atoms with Gasteiger partial charge in [0.2, 0.25) is 5.78 Å². The van der Waals surface area contributed by atoms with E-state index < -0.39 is 31.3 Å². The molecule has 0 aliphatic heterocycles. The van der Waals surface area contributed by atoms with Gasteiger partial charge in [0.15, 0.2) is 5.78 Å². The Labute approximate surface area is 177 Å². The van der Waals surface area contributed by atoms with Gasteiger partial charge < -0.3 is 10.0 Å². The van der Waals surface area contributed by atoms with Crippen LogP contribution >= 0.6 is 0 Å². The molecule has 0 atom stereocenters. The van der Waals surface area contributed by atoms with E-state index in [2.05, 4.69) is 0 Å². The number of halogens is 3. The molecule has 24 heavy (non-hydrogen) atoms. The molecule has 0 saturated carbocycles. The summed E-state index contributed by atoms with van der Waals surface area (Å²) in [5.41, 5.74) is 0.164. The monoisotopic (exact) mass is 479 g/mol. The van der Waals surface area contributed by atoms with E-state index in [-0.39, 0.29) is 67.8 Å². The van der Waals surface area contributed by atoms with Crippen molar-refractivity contribution in [2.75, 3.05) is 0 Å². The molecule has 4 nitrogen and oxygen atoms in total. The van der Waals surface area contributed by atoms with Gasteiger partial charge in [-0.2, -0.15) is 13.2 Å². The summed E-state index contributed by atoms with van der Waals surface area (Å²) in [7, 11) is -1.71. The molecule has 0 aliphatic rings. The Morgan fingerprint density at radius 2 is 1.71 bits per heavy atom. The van der Waals surface area contributed by atoms with Crippen LogP contribution in [-0.2, 0) is 4.79 Å². The molecule has 0 amide bonds. The average molecular weight is 478 g/mol. The molecule has 0 spiro atoms. The summed E-state index contributed by atoms with van der Waals surface area (Å²) in [4.78, 5) is 22.6. The second-order valence-corrected chi connectivity index (χ2v) is 4.68. The van der Waals surface area contributed by atoms with Crippen molar-refractivity contribution in [3.8, 4) is 0 Å². The third-order valence-corrected chi connectivity index (χ3v) is 3.15. The Kier molecular flexibility index (Phi) is 8.97. The number of ketones is 2. The van der Waals surface area contributed by atoms with Gasteiger partial charge in [-0.1, -0.05) is 37.8 Å². The van der Waals surface area contributed by atoms with Crippen LogP contribution in [0.15, 0.2) is 36.4 Å². The molecule has 9 heteroatoms. The number of alkyl halides is 3. The van der Waals surface area contributed by atoms with E-state index in [9.17, 15) is 32.8 Å². The van der Waals surface area contributed by atoms with Crippen LogP contribution in [0, 0.1) is 49.4 Å². The summed E-state index contributed by atoms with van der Waals surface area (Å²) in [6.07, 6.45) is -6.29. The molecule has 2 N–H and O–H groups in total. The van der Waals surface area contributed by atoms with Crippen molar-refractivity contribution >= 4 is 34.9 Å². The average Bonchev–Trinajstić information content (AvgIpc) is 2.44. The molecule has 2 rings (SSSR count). The van der Waals surface area contributed by atoms with Gasteiger partial charge >= 0.3 is 62.7 Å². The molecule has 126 valence electrons. The maximum atomic E-state index is 12.2. The van der Waals surface area contributed by atoms with E-state index in [0.29, 0.717) is 10.8 Å². The van der Waals surface area contributed by atoms with Crippen LogP contribution in [0.3, 0.4) is 0 Å². The van der Waals surface area contributed by atoms with Gasteiger partial charge in [-0.05, 0) is 22.3 Å². The van der Waals surface area contributed by atoms with Crippen LogP contribution in [0.4, 0.5) is 13.2 Å². The summed E-state index contributed by atoms with van der Waals surface area (Å²) < 4.78 is 36.5. The first-order chi connectivity index (χ1) is 10.2. The number of hydrogen-bond acceptors (Lipinski definition) is 4. The van der Waals surface area contributed by atoms with Crippen molar-refractivity contribution in [3.05, 3.63) is 42.0 Å². The molecular formula is C15H14BEuF3O4+3. The van der Waals surface area contributed by atoms with Gasteiger partial charge in [0, 0.05) is 5.56 Å². The van der Waals surface area contributed by atoms with Crippen molar-refractivity contribution < 1.29 is 82.2 Å². The minimum Gasteiger partial charge on any atom is -0.423 e. The summed E-state index contributed by atoms with van der Waals surface area (Å²) in [6, 6.07) is 8.53. The summed E-state index contributed by atoms with van der Waals surface area (Å²) in [5, 5.41) is 19.4. The number of carbonyl (C=O) groups excluding carboxylic acids is 2. The van der Waals surface area contributed by atoms with Crippen molar-refractivity contribution in [1.82, 2.24) is 0 Å². The van der Waals surface area contributed by atoms with Gasteiger partial charge in [0.05, 0.1) is 6.42 Å². The first-order valence-corrected chi connectivity index (χ1v) is 6.22. The van der Waals surface area contributed by atoms with Crippen molar-refractivity contribution in [1.29, 1.82) is 0 Å². The van der Waals surface area contributed by atoms with Crippen LogP contribution in [0.25, 0.3) is 10.8 Å². The maximum Gasteiger partial charge on any atom is 3.00 e. The Morgan fingerprint density at radius 1 is 1.08 bits per heavy atom. The largest absolute Gasteiger partial charge is 3.00 e. The fraction of sp³-hybridized carbons (Fsp3) is 0.200. The molecule has 2 aromatic carbocycles. The maximum absolute atomic E-state index is 12.2. The predicted octanol–water partition coefficient (Wildman–Crippen LogP) is 1.86. The molecule has 0 aromatic heterocycles. The van der Waals surface area contributed by atoms with Gasteiger partial charge in [0.1, 0.15) is 0 Å². The van der Waals surface area contributed by atoms with Crippen LogP contribution < -0.4 is 5.46 Å². The normalized spacial score (nSPS) is 10.5. The number of hydrogen-bond donors (Lipinski definition) is 2. The fourth-order valence-corrected chi connectivity index (χ4v) is 2.06. The van der Waals surface area contributed by atoms with Crippen LogP contribution in [-0.4, -0.2) is 34.9 Å². The number of Topliss-reactive ketones (excluding diaryl/α,β-unsaturated/α-hetero) is 2. The minimum atomic E-state index is -5.04. The second-order valence-electron chi connectivity index (χ2n) is 4.68. The van der Waals surface area contributed by atoms with Crippen LogP contribution in [0.1, 0.15) is 24.2 Å². The molecule has 0 bridgehead atoms. The van der Waals surface area contributed by atoms with E-state index in [4.69, 9.17) is 0 Å². The van der Waals surface area contributed by atoms with Crippen molar-refractivity contribution in [2.24, 2.45) is 0 Å². The molecule has 2 aromatic rings. The molecule has 0 unspecified atom stereocenters. The van der Waals surface area contributed by atoms with Gasteiger partial charge in [0.25, 0.3) is 0 Å². The quantitative estimate of drug-likeness (QED) is 0.400. The summed E-state index contributed by atoms with van der Waals surface area (Å²) in [5.74, 6) is -3.05. The first-order valence-electron chi connectivity index (χ1n) is 6.22. The zero-order chi connectivity index (χ0) is 16.5. The third kappa shape index (κ3) is 5.46. The van der Waals surface area contributed by atoms with Crippen LogP contribution in [0.5, 0.6) is 0 Å². The Morgan fingerprint density at radius 3 is 2.25 bits per heavy atom. The number of benzene rings is 2. The predicted molar refractivity (Wildman–Crippen MR) is 80.5 cm³/mol. The van der Waals surface area contributed by atoms with Crippen LogP contribution in [0.2, 0.25) is 0 Å². The van der Waals surface area contributed by atoms with Crippen molar-refractivity contribution in [2.45, 2.75) is 20.0 Å². The Bertz CT molecular complexity index is 747. The van der Waals surface area contributed by atoms with E-state index >= 15 is 0 Å². The first kappa shape index (κ1) is 23.4. The third-order valence-electron chi connectivity index (χ3n) is 3.15. The molecule has 0 aliphatic carbocycles. The van der Waals surface area contributed by atoms with E-state index in [1.165, 1.54) is 30.3 Å². The van der Waals surface area contributed by atoms with Gasteiger partial charge in [-0.3, -0.25) is 9.59 Å². The summed E-state index contributed by atoms with van der Waals surface area (Å²) in [6.45, 7) is 0. The minimum absolute atomic E-state index is 0. The summed E-state index contributed by atoms with van der Waals surface area (Å²) >= 11 is 0. The molecule has 0 fully saturated rings. The molecule has 0 saturated heterocycles. The zero-order valence-electron chi connectivity index (χ0n) is 11.5. The topological polar surface area (TPSA) is 74.6 Å². The standard InChI is InChI=1S/C14H10BF3O4.CH4.Eu/c16-14(17,18)13(20)7-12(19)9-4-5-10-8(6-9)2-1-3-11(10)15(21)22;;/h1-6,21-22H,7H2;1H4;/q;;+3. The van der Waals surface area contributed by atoms with E-state index in [1.807, 2.05) is 0 Å². The molecule has 0 heterocycles. The number of fused-ring (bicyclic) bond motifs is 1. The van der Waals surface area contributed by atoms with Crippen molar-refractivity contribution in [3.63, 3.8) is 0 Å². The molecular weight excluding hydrogens is 464 g/mol. The zero-order valence-corrected chi connectivity index (χ0v) is 13.9. The number of carbonyl (C=O) groups is 2. The fourth-order valence-electron chi connectivity index (χ4n) is 2.06. The smallest absolute Gasteiger partial charge is 0.423 e. The Hall–Kier alpha value is -0.601. The van der Waals surface area contributed by atoms with E-state index in [1.54, 1.807) is 6.07 Å². The van der Waals surface area contributed by atoms with Gasteiger partial charge in [-0.25, -0.2) is 0 Å². The SMILES string of the molecule is C.O=C(CC(=O)C(F)(F)F)c1ccc2c(B(O)O)cccc2c1.[Eu+3]. The van der Waals surface area contributed by atoms with Gasteiger partial charge in [-0.15, -0.1) is 0 Å². The van der Waals surface area contributed by atoms with E-state index in [0.717, 1.165) is 0 Å². The molecule has 0 radical (unpaired) electrons. The number of rotatable bonds is 4. The Balaban J connectivity index is 0.00000264. The second kappa shape index (κ2) is 9.20.